The molecule has 1 atom stereocenters. The van der Waals surface area contributed by atoms with Gasteiger partial charge in [0.15, 0.2) is 6.10 Å². The van der Waals surface area contributed by atoms with Crippen molar-refractivity contribution in [2.24, 2.45) is 0 Å². The SMILES string of the molecule is CCc1ccc(NC(=O)[C@@H]2CN(S(=O)(=O)c3ccc(C)cc3)c3cc(Cl)ccc3O2)cc1. The Kier molecular flexibility index (Phi) is 6.13. The number of amides is 1. The second-order valence-electron chi connectivity index (χ2n) is 7.61. The van der Waals surface area contributed by atoms with Crippen LogP contribution in [-0.4, -0.2) is 27.0 Å². The number of carbonyl (C=O) groups excluding carboxylic acids is 1. The lowest BCUT2D eigenvalue weighted by Crippen LogP contribution is -2.48. The Hall–Kier alpha value is -3.03. The maximum Gasteiger partial charge on any atom is 0.267 e. The van der Waals surface area contributed by atoms with Gasteiger partial charge < -0.3 is 10.1 Å². The number of benzene rings is 3. The number of hydrogen-bond donors (Lipinski definition) is 1. The Morgan fingerprint density at radius 2 is 1.78 bits per heavy atom. The Balaban J connectivity index is 1.66. The molecular weight excluding hydrogens is 448 g/mol. The lowest BCUT2D eigenvalue weighted by molar-refractivity contribution is -0.122. The molecule has 6 nitrogen and oxygen atoms in total. The standard InChI is InChI=1S/C24H23ClN2O4S/c1-3-17-6-9-19(10-7-17)26-24(28)23-15-27(21-14-18(25)8-13-22(21)31-23)32(29,30)20-11-4-16(2)5-12-20/h4-14,23H,3,15H2,1-2H3,(H,26,28)/t23-/m0/s1. The molecule has 166 valence electrons. The molecule has 1 aliphatic rings. The fraction of sp³-hybridized carbons (Fsp3) is 0.208. The molecule has 0 aliphatic carbocycles. The lowest BCUT2D eigenvalue weighted by atomic mass is 10.1. The van der Waals surface area contributed by atoms with Gasteiger partial charge in [-0.3, -0.25) is 9.10 Å². The maximum absolute atomic E-state index is 13.5. The van der Waals surface area contributed by atoms with Gasteiger partial charge >= 0.3 is 0 Å². The molecule has 32 heavy (non-hydrogen) atoms. The molecule has 1 N–H and O–H groups in total. The van der Waals surface area contributed by atoms with Crippen LogP contribution in [0, 0.1) is 6.92 Å². The van der Waals surface area contributed by atoms with E-state index in [0.717, 1.165) is 17.5 Å². The number of aryl methyl sites for hydroxylation is 2. The molecule has 0 saturated heterocycles. The van der Waals surface area contributed by atoms with Crippen molar-refractivity contribution in [3.05, 3.63) is 82.9 Å². The molecule has 1 amide bonds. The number of fused-ring (bicyclic) bond motifs is 1. The highest BCUT2D eigenvalue weighted by molar-refractivity contribution is 7.92. The molecule has 3 aromatic carbocycles. The minimum atomic E-state index is -3.94. The zero-order chi connectivity index (χ0) is 22.9. The van der Waals surface area contributed by atoms with Gasteiger partial charge in [-0.15, -0.1) is 0 Å². The minimum absolute atomic E-state index is 0.130. The number of ether oxygens (including phenoxy) is 1. The highest BCUT2D eigenvalue weighted by Crippen LogP contribution is 2.39. The van der Waals surface area contributed by atoms with Crippen LogP contribution in [0.15, 0.2) is 71.6 Å². The fourth-order valence-electron chi connectivity index (χ4n) is 3.47. The van der Waals surface area contributed by atoms with Gasteiger partial charge in [0.25, 0.3) is 15.9 Å². The summed E-state index contributed by atoms with van der Waals surface area (Å²) in [6.45, 7) is 3.76. The first kappa shape index (κ1) is 22.2. The van der Waals surface area contributed by atoms with Crippen molar-refractivity contribution in [3.8, 4) is 5.75 Å². The molecule has 0 unspecified atom stereocenters. The normalized spacial score (nSPS) is 15.6. The average Bonchev–Trinajstić information content (AvgIpc) is 2.79. The van der Waals surface area contributed by atoms with E-state index in [2.05, 4.69) is 12.2 Å². The summed E-state index contributed by atoms with van der Waals surface area (Å²) in [4.78, 5) is 13.1. The van der Waals surface area contributed by atoms with Crippen molar-refractivity contribution in [2.75, 3.05) is 16.2 Å². The van der Waals surface area contributed by atoms with Gasteiger partial charge in [-0.05, 0) is 61.4 Å². The second-order valence-corrected chi connectivity index (χ2v) is 9.91. The number of rotatable bonds is 5. The molecule has 0 radical (unpaired) electrons. The van der Waals surface area contributed by atoms with E-state index in [-0.39, 0.29) is 17.2 Å². The predicted octanol–water partition coefficient (Wildman–Crippen LogP) is 4.81. The number of sulfonamides is 1. The second kappa shape index (κ2) is 8.84. The maximum atomic E-state index is 13.5. The number of carbonyl (C=O) groups is 1. The van der Waals surface area contributed by atoms with Crippen LogP contribution in [-0.2, 0) is 21.2 Å². The van der Waals surface area contributed by atoms with Crippen molar-refractivity contribution in [1.82, 2.24) is 0 Å². The highest BCUT2D eigenvalue weighted by atomic mass is 35.5. The summed E-state index contributed by atoms with van der Waals surface area (Å²) in [6, 6.07) is 18.8. The molecule has 1 heterocycles. The number of halogens is 1. The van der Waals surface area contributed by atoms with Gasteiger partial charge in [-0.25, -0.2) is 8.42 Å². The molecule has 0 spiro atoms. The summed E-state index contributed by atoms with van der Waals surface area (Å²) in [7, 11) is -3.94. The zero-order valence-electron chi connectivity index (χ0n) is 17.7. The summed E-state index contributed by atoms with van der Waals surface area (Å²) < 4.78 is 34.0. The van der Waals surface area contributed by atoms with Crippen molar-refractivity contribution in [3.63, 3.8) is 0 Å². The fourth-order valence-corrected chi connectivity index (χ4v) is 5.11. The van der Waals surface area contributed by atoms with E-state index in [1.807, 2.05) is 31.2 Å². The Morgan fingerprint density at radius 3 is 2.44 bits per heavy atom. The topological polar surface area (TPSA) is 75.7 Å². The number of nitrogens with zero attached hydrogens (tertiary/aromatic N) is 1. The summed E-state index contributed by atoms with van der Waals surface area (Å²) in [5.74, 6) is -0.156. The molecule has 0 bridgehead atoms. The highest BCUT2D eigenvalue weighted by Gasteiger charge is 2.37. The minimum Gasteiger partial charge on any atom is -0.476 e. The van der Waals surface area contributed by atoms with E-state index in [1.165, 1.54) is 10.4 Å². The van der Waals surface area contributed by atoms with E-state index in [4.69, 9.17) is 16.3 Å². The number of nitrogens with one attached hydrogen (secondary N) is 1. The van der Waals surface area contributed by atoms with Crippen LogP contribution in [0.3, 0.4) is 0 Å². The molecule has 8 heteroatoms. The third-order valence-corrected chi connectivity index (χ3v) is 7.35. The molecule has 0 aromatic heterocycles. The van der Waals surface area contributed by atoms with Gasteiger partial charge in [0, 0.05) is 10.7 Å². The molecule has 3 aromatic rings. The van der Waals surface area contributed by atoms with Crippen LogP contribution >= 0.6 is 11.6 Å². The third-order valence-electron chi connectivity index (χ3n) is 5.32. The van der Waals surface area contributed by atoms with E-state index in [1.54, 1.807) is 36.4 Å². The Morgan fingerprint density at radius 1 is 1.09 bits per heavy atom. The predicted molar refractivity (Wildman–Crippen MR) is 126 cm³/mol. The molecule has 1 aliphatic heterocycles. The van der Waals surface area contributed by atoms with Gasteiger partial charge in [-0.1, -0.05) is 48.4 Å². The van der Waals surface area contributed by atoms with Crippen molar-refractivity contribution < 1.29 is 17.9 Å². The molecule has 0 saturated carbocycles. The van der Waals surface area contributed by atoms with Gasteiger partial charge in [0.1, 0.15) is 5.75 Å². The van der Waals surface area contributed by atoms with Crippen molar-refractivity contribution >= 4 is 38.9 Å². The summed E-state index contributed by atoms with van der Waals surface area (Å²) in [5, 5.41) is 3.18. The molecule has 4 rings (SSSR count). The van der Waals surface area contributed by atoms with E-state index >= 15 is 0 Å². The Labute approximate surface area is 192 Å². The van der Waals surface area contributed by atoms with Crippen LogP contribution in [0.2, 0.25) is 5.02 Å². The van der Waals surface area contributed by atoms with Crippen LogP contribution in [0.1, 0.15) is 18.1 Å². The number of hydrogen-bond acceptors (Lipinski definition) is 4. The van der Waals surface area contributed by atoms with Crippen LogP contribution in [0.4, 0.5) is 11.4 Å². The summed E-state index contributed by atoms with van der Waals surface area (Å²) >= 11 is 6.13. The van der Waals surface area contributed by atoms with Crippen LogP contribution in [0.25, 0.3) is 0 Å². The van der Waals surface area contributed by atoms with Crippen LogP contribution in [0.5, 0.6) is 5.75 Å². The van der Waals surface area contributed by atoms with Crippen molar-refractivity contribution in [2.45, 2.75) is 31.3 Å². The molecular formula is C24H23ClN2O4S. The van der Waals surface area contributed by atoms with Crippen molar-refractivity contribution in [1.29, 1.82) is 0 Å². The van der Waals surface area contributed by atoms with Gasteiger partial charge in [0.05, 0.1) is 17.1 Å². The van der Waals surface area contributed by atoms with E-state index < -0.39 is 22.0 Å². The lowest BCUT2D eigenvalue weighted by Gasteiger charge is -2.35. The van der Waals surface area contributed by atoms with E-state index in [0.29, 0.717) is 16.4 Å². The smallest absolute Gasteiger partial charge is 0.267 e. The largest absolute Gasteiger partial charge is 0.476 e. The number of anilines is 2. The van der Waals surface area contributed by atoms with Gasteiger partial charge in [-0.2, -0.15) is 0 Å². The third kappa shape index (κ3) is 4.45. The monoisotopic (exact) mass is 470 g/mol. The molecule has 0 fully saturated rings. The first-order valence-corrected chi connectivity index (χ1v) is 12.0. The van der Waals surface area contributed by atoms with E-state index in [9.17, 15) is 13.2 Å². The van der Waals surface area contributed by atoms with Crippen LogP contribution < -0.4 is 14.4 Å². The first-order valence-electron chi connectivity index (χ1n) is 10.2. The Bertz CT molecular complexity index is 1240. The summed E-state index contributed by atoms with van der Waals surface area (Å²) in [6.07, 6.45) is -0.139. The van der Waals surface area contributed by atoms with Gasteiger partial charge in [0.2, 0.25) is 0 Å². The average molecular weight is 471 g/mol. The summed E-state index contributed by atoms with van der Waals surface area (Å²) in [5.41, 5.74) is 3.01. The zero-order valence-corrected chi connectivity index (χ0v) is 19.3. The first-order chi connectivity index (χ1) is 15.3. The quantitative estimate of drug-likeness (QED) is 0.580.